The fraction of sp³-hybridized carbons (Fsp3) is 0.235. The Balaban J connectivity index is 2.18. The van der Waals surface area contributed by atoms with Gasteiger partial charge in [-0.1, -0.05) is 18.8 Å². The summed E-state index contributed by atoms with van der Waals surface area (Å²) in [5, 5.41) is 2.93. The quantitative estimate of drug-likeness (QED) is 0.855. The molecule has 1 amide bonds. The summed E-state index contributed by atoms with van der Waals surface area (Å²) in [6, 6.07) is 9.62. The molecule has 0 atom stereocenters. The van der Waals surface area contributed by atoms with E-state index in [-0.39, 0.29) is 5.91 Å². The van der Waals surface area contributed by atoms with Crippen molar-refractivity contribution in [3.63, 3.8) is 0 Å². The van der Waals surface area contributed by atoms with Crippen LogP contribution < -0.4 is 11.1 Å². The number of hydrogen-bond donors (Lipinski definition) is 2. The molecular weight excluding hydrogens is 280 g/mol. The minimum Gasteiger partial charge on any atom is -0.321 e. The zero-order valence-electron chi connectivity index (χ0n) is 12.2. The molecule has 3 nitrogen and oxygen atoms in total. The van der Waals surface area contributed by atoms with Crippen molar-refractivity contribution in [2.45, 2.75) is 20.3 Å². The van der Waals surface area contributed by atoms with E-state index in [0.717, 1.165) is 28.1 Å². The summed E-state index contributed by atoms with van der Waals surface area (Å²) in [5.41, 5.74) is 8.05. The number of nitrogens with one attached hydrogen (secondary N) is 1. The second-order valence-electron chi connectivity index (χ2n) is 4.67. The molecule has 0 saturated heterocycles. The third kappa shape index (κ3) is 4.19. The Bertz CT molecular complexity index is 707. The van der Waals surface area contributed by atoms with Crippen molar-refractivity contribution in [3.8, 4) is 11.8 Å². The number of benzene rings is 1. The molecule has 0 aliphatic rings. The van der Waals surface area contributed by atoms with Crippen molar-refractivity contribution >= 4 is 22.9 Å². The van der Waals surface area contributed by atoms with E-state index in [0.29, 0.717) is 6.54 Å². The molecule has 108 valence electrons. The highest BCUT2D eigenvalue weighted by Crippen LogP contribution is 2.20. The van der Waals surface area contributed by atoms with Gasteiger partial charge in [-0.25, -0.2) is 0 Å². The van der Waals surface area contributed by atoms with Crippen LogP contribution in [0.2, 0.25) is 0 Å². The number of amides is 1. The molecule has 3 N–H and O–H groups in total. The van der Waals surface area contributed by atoms with E-state index in [1.165, 1.54) is 16.2 Å². The number of nitrogens with two attached hydrogens (primary N) is 1. The lowest BCUT2D eigenvalue weighted by Crippen LogP contribution is -2.10. The molecule has 0 bridgehead atoms. The zero-order valence-corrected chi connectivity index (χ0v) is 13.0. The van der Waals surface area contributed by atoms with Gasteiger partial charge in [-0.05, 0) is 49.2 Å². The molecule has 1 aromatic carbocycles. The fourth-order valence-corrected chi connectivity index (χ4v) is 2.81. The average Bonchev–Trinajstić information content (AvgIpc) is 2.93. The van der Waals surface area contributed by atoms with Gasteiger partial charge < -0.3 is 11.1 Å². The van der Waals surface area contributed by atoms with E-state index in [1.54, 1.807) is 0 Å². The first-order chi connectivity index (χ1) is 10.1. The third-order valence-electron chi connectivity index (χ3n) is 2.90. The van der Waals surface area contributed by atoms with Crippen molar-refractivity contribution in [2.75, 3.05) is 11.9 Å². The smallest absolute Gasteiger partial charge is 0.265 e. The van der Waals surface area contributed by atoms with E-state index in [9.17, 15) is 4.79 Å². The maximum absolute atomic E-state index is 12.2. The summed E-state index contributed by atoms with van der Waals surface area (Å²) in [4.78, 5) is 14.2. The van der Waals surface area contributed by atoms with E-state index >= 15 is 0 Å². The highest BCUT2D eigenvalue weighted by Gasteiger charge is 2.09. The molecule has 0 aliphatic carbocycles. The Hall–Kier alpha value is -2.09. The number of carbonyl (C=O) groups excluding carboxylic acids is 1. The van der Waals surface area contributed by atoms with Crippen molar-refractivity contribution in [1.29, 1.82) is 0 Å². The summed E-state index contributed by atoms with van der Waals surface area (Å²) >= 11 is 1.53. The first-order valence-electron chi connectivity index (χ1n) is 6.83. The summed E-state index contributed by atoms with van der Waals surface area (Å²) in [6.45, 7) is 4.38. The Morgan fingerprint density at radius 1 is 1.33 bits per heavy atom. The van der Waals surface area contributed by atoms with Crippen LogP contribution in [0.5, 0.6) is 0 Å². The van der Waals surface area contributed by atoms with Crippen molar-refractivity contribution in [2.24, 2.45) is 5.73 Å². The molecule has 0 fully saturated rings. The van der Waals surface area contributed by atoms with Crippen LogP contribution in [-0.2, 0) is 6.42 Å². The molecule has 0 spiro atoms. The zero-order chi connectivity index (χ0) is 15.2. The molecule has 0 aliphatic heterocycles. The number of hydrogen-bond acceptors (Lipinski definition) is 3. The molecule has 1 heterocycles. The van der Waals surface area contributed by atoms with Gasteiger partial charge in [0.2, 0.25) is 0 Å². The third-order valence-corrected chi connectivity index (χ3v) is 4.13. The van der Waals surface area contributed by atoms with Gasteiger partial charge in [0.05, 0.1) is 11.4 Å². The molecule has 4 heteroatoms. The number of thiophene rings is 1. The fourth-order valence-electron chi connectivity index (χ4n) is 1.96. The molecule has 2 rings (SSSR count). The van der Waals surface area contributed by atoms with Crippen LogP contribution in [0.15, 0.2) is 30.3 Å². The Kier molecular flexibility index (Phi) is 5.15. The minimum absolute atomic E-state index is 0.0805. The standard InChI is InChI=1S/C17H18N2OS/c1-3-15-6-7-16(21-15)17(20)19-14-10-12(2)9-13(11-14)5-4-8-18/h6-7,9-11H,3,8,18H2,1-2H3,(H,19,20). The number of carbonyl (C=O) groups is 1. The van der Waals surface area contributed by atoms with Crippen LogP contribution in [0.25, 0.3) is 0 Å². The number of anilines is 1. The molecule has 21 heavy (non-hydrogen) atoms. The molecule has 0 radical (unpaired) electrons. The van der Waals surface area contributed by atoms with Crippen LogP contribution in [-0.4, -0.2) is 12.5 Å². The van der Waals surface area contributed by atoms with Crippen LogP contribution in [0, 0.1) is 18.8 Å². The van der Waals surface area contributed by atoms with E-state index < -0.39 is 0 Å². The lowest BCUT2D eigenvalue weighted by atomic mass is 10.1. The highest BCUT2D eigenvalue weighted by molar-refractivity contribution is 7.14. The van der Waals surface area contributed by atoms with Gasteiger partial charge in [-0.15, -0.1) is 11.3 Å². The summed E-state index contributed by atoms with van der Waals surface area (Å²) in [5.74, 6) is 5.73. The Labute approximate surface area is 129 Å². The second-order valence-corrected chi connectivity index (χ2v) is 5.84. The van der Waals surface area contributed by atoms with Crippen LogP contribution in [0.4, 0.5) is 5.69 Å². The first-order valence-corrected chi connectivity index (χ1v) is 7.64. The van der Waals surface area contributed by atoms with E-state index in [4.69, 9.17) is 5.73 Å². The molecule has 0 saturated carbocycles. The van der Waals surface area contributed by atoms with Crippen molar-refractivity contribution in [3.05, 3.63) is 51.2 Å². The first kappa shape index (κ1) is 15.3. The van der Waals surface area contributed by atoms with Gasteiger partial charge in [-0.3, -0.25) is 4.79 Å². The summed E-state index contributed by atoms with van der Waals surface area (Å²) < 4.78 is 0. The minimum atomic E-state index is -0.0805. The van der Waals surface area contributed by atoms with Crippen LogP contribution >= 0.6 is 11.3 Å². The predicted octanol–water partition coefficient (Wildman–Crippen LogP) is 3.18. The largest absolute Gasteiger partial charge is 0.321 e. The molecule has 2 aromatic rings. The van der Waals surface area contributed by atoms with Crippen molar-refractivity contribution < 1.29 is 4.79 Å². The Morgan fingerprint density at radius 3 is 2.81 bits per heavy atom. The number of rotatable bonds is 3. The maximum atomic E-state index is 12.2. The SMILES string of the molecule is CCc1ccc(C(=O)Nc2cc(C)cc(C#CCN)c2)s1. The topological polar surface area (TPSA) is 55.1 Å². The van der Waals surface area contributed by atoms with Crippen LogP contribution in [0.3, 0.4) is 0 Å². The lowest BCUT2D eigenvalue weighted by molar-refractivity contribution is 0.103. The van der Waals surface area contributed by atoms with Gasteiger partial charge in [0.15, 0.2) is 0 Å². The monoisotopic (exact) mass is 298 g/mol. The molecular formula is C17H18N2OS. The summed E-state index contributed by atoms with van der Waals surface area (Å²) in [7, 11) is 0. The number of aryl methyl sites for hydroxylation is 2. The predicted molar refractivity (Wildman–Crippen MR) is 88.8 cm³/mol. The average molecular weight is 298 g/mol. The second kappa shape index (κ2) is 7.07. The van der Waals surface area contributed by atoms with Crippen LogP contribution in [0.1, 0.15) is 32.6 Å². The summed E-state index contributed by atoms with van der Waals surface area (Å²) in [6.07, 6.45) is 0.946. The van der Waals surface area contributed by atoms with Gasteiger partial charge in [-0.2, -0.15) is 0 Å². The van der Waals surface area contributed by atoms with E-state index in [1.807, 2.05) is 37.3 Å². The van der Waals surface area contributed by atoms with Gasteiger partial charge in [0.25, 0.3) is 5.91 Å². The van der Waals surface area contributed by atoms with Gasteiger partial charge >= 0.3 is 0 Å². The normalized spacial score (nSPS) is 9.86. The maximum Gasteiger partial charge on any atom is 0.265 e. The van der Waals surface area contributed by atoms with Gasteiger partial charge in [0.1, 0.15) is 0 Å². The van der Waals surface area contributed by atoms with Gasteiger partial charge in [0, 0.05) is 16.1 Å². The van der Waals surface area contributed by atoms with E-state index in [2.05, 4.69) is 24.1 Å². The highest BCUT2D eigenvalue weighted by atomic mass is 32.1. The Morgan fingerprint density at radius 2 is 2.14 bits per heavy atom. The van der Waals surface area contributed by atoms with Crippen molar-refractivity contribution in [1.82, 2.24) is 0 Å². The molecule has 0 unspecified atom stereocenters. The molecule has 1 aromatic heterocycles. The lowest BCUT2D eigenvalue weighted by Gasteiger charge is -2.06.